The molecule has 2 aliphatic rings. The molecule has 1 N–H and O–H groups in total. The van der Waals surface area contributed by atoms with Crippen molar-refractivity contribution in [1.29, 1.82) is 0 Å². The topological polar surface area (TPSA) is 41.6 Å². The van der Waals surface area contributed by atoms with Gasteiger partial charge < -0.3 is 9.64 Å². The second-order valence-corrected chi connectivity index (χ2v) is 4.59. The number of ether oxygens (including phenoxy) is 1. The Hall–Kier alpha value is 0.0300. The van der Waals surface area contributed by atoms with Gasteiger partial charge in [0.25, 0.3) is 0 Å². The summed E-state index contributed by atoms with van der Waals surface area (Å²) in [7, 11) is 0. The van der Waals surface area contributed by atoms with E-state index in [4.69, 9.17) is 4.74 Å². The number of hydrogen-bond acceptors (Lipinski definition) is 4. The Morgan fingerprint density at radius 1 is 1.40 bits per heavy atom. The van der Waals surface area contributed by atoms with Crippen molar-refractivity contribution in [3.63, 3.8) is 0 Å². The zero-order chi connectivity index (χ0) is 9.80. The summed E-state index contributed by atoms with van der Waals surface area (Å²) in [5, 5.41) is 3.20. The van der Waals surface area contributed by atoms with Gasteiger partial charge in [-0.3, -0.25) is 10.1 Å². The summed E-state index contributed by atoms with van der Waals surface area (Å²) in [6, 6.07) is 0.0399. The van der Waals surface area contributed by atoms with Crippen molar-refractivity contribution >= 4 is 30.1 Å². The van der Waals surface area contributed by atoms with Gasteiger partial charge in [0.15, 0.2) is 0 Å². The Morgan fingerprint density at radius 2 is 2.27 bits per heavy atom. The van der Waals surface area contributed by atoms with E-state index in [9.17, 15) is 4.79 Å². The van der Waals surface area contributed by atoms with Gasteiger partial charge in [-0.05, 0) is 6.42 Å². The van der Waals surface area contributed by atoms with Crippen molar-refractivity contribution in [1.82, 2.24) is 10.2 Å². The molecule has 4 nitrogen and oxygen atoms in total. The van der Waals surface area contributed by atoms with Crippen LogP contribution in [0.5, 0.6) is 0 Å². The van der Waals surface area contributed by atoms with E-state index < -0.39 is 0 Å². The molecule has 6 heteroatoms. The number of thioether (sulfide) groups is 1. The van der Waals surface area contributed by atoms with Crippen molar-refractivity contribution < 1.29 is 9.53 Å². The lowest BCUT2D eigenvalue weighted by Gasteiger charge is -2.22. The molecule has 0 aromatic rings. The average molecular weight is 253 g/mol. The number of halogens is 1. The van der Waals surface area contributed by atoms with Crippen LogP contribution in [0.4, 0.5) is 0 Å². The Kier molecular flexibility index (Phi) is 5.74. The molecule has 0 spiro atoms. The fourth-order valence-electron chi connectivity index (χ4n) is 1.74. The summed E-state index contributed by atoms with van der Waals surface area (Å²) >= 11 is 1.79. The molecule has 2 saturated heterocycles. The molecule has 1 atom stereocenters. The molecular formula is C9H17ClN2O2S. The highest BCUT2D eigenvalue weighted by atomic mass is 35.5. The van der Waals surface area contributed by atoms with Gasteiger partial charge in [0.2, 0.25) is 5.91 Å². The number of hydrogen-bond donors (Lipinski definition) is 1. The van der Waals surface area contributed by atoms with Gasteiger partial charge in [-0.25, -0.2) is 0 Å². The molecule has 1 amide bonds. The molecule has 2 rings (SSSR count). The number of nitrogens with zero attached hydrogens (tertiary/aromatic N) is 1. The summed E-state index contributed by atoms with van der Waals surface area (Å²) in [6.45, 7) is 3.07. The highest BCUT2D eigenvalue weighted by molar-refractivity contribution is 7.99. The third-order valence-corrected chi connectivity index (χ3v) is 3.49. The molecule has 1 unspecified atom stereocenters. The normalized spacial score (nSPS) is 26.9. The SMILES string of the molecule is Cl.O=C(C1CSCN1)N1CCCOCC1. The molecule has 2 fully saturated rings. The molecule has 2 aliphatic heterocycles. The third-order valence-electron chi connectivity index (χ3n) is 2.55. The molecule has 88 valence electrons. The van der Waals surface area contributed by atoms with Crippen LogP contribution in [-0.4, -0.2) is 54.8 Å². The number of rotatable bonds is 1. The van der Waals surface area contributed by atoms with Gasteiger partial charge in [0.05, 0.1) is 12.6 Å². The smallest absolute Gasteiger partial charge is 0.240 e. The van der Waals surface area contributed by atoms with Gasteiger partial charge in [0, 0.05) is 31.3 Å². The minimum absolute atomic E-state index is 0. The maximum atomic E-state index is 11.9. The molecular weight excluding hydrogens is 236 g/mol. The lowest BCUT2D eigenvalue weighted by atomic mass is 10.2. The van der Waals surface area contributed by atoms with E-state index in [0.29, 0.717) is 6.61 Å². The number of nitrogens with one attached hydrogen (secondary N) is 1. The van der Waals surface area contributed by atoms with E-state index in [1.54, 1.807) is 11.8 Å². The minimum Gasteiger partial charge on any atom is -0.380 e. The fraction of sp³-hybridized carbons (Fsp3) is 0.889. The summed E-state index contributed by atoms with van der Waals surface area (Å²) in [6.07, 6.45) is 0.964. The standard InChI is InChI=1S/C9H16N2O2S.ClH/c12-9(8-6-14-7-10-8)11-2-1-4-13-5-3-11;/h8,10H,1-7H2;1H. The van der Waals surface area contributed by atoms with Gasteiger partial charge in [-0.2, -0.15) is 0 Å². The molecule has 0 bridgehead atoms. The Bertz CT molecular complexity index is 204. The van der Waals surface area contributed by atoms with E-state index in [1.165, 1.54) is 0 Å². The summed E-state index contributed by atoms with van der Waals surface area (Å²) < 4.78 is 5.32. The monoisotopic (exact) mass is 252 g/mol. The van der Waals surface area contributed by atoms with Crippen LogP contribution < -0.4 is 5.32 Å². The van der Waals surface area contributed by atoms with Gasteiger partial charge >= 0.3 is 0 Å². The number of amides is 1. The molecule has 15 heavy (non-hydrogen) atoms. The van der Waals surface area contributed by atoms with Crippen molar-refractivity contribution in [3.8, 4) is 0 Å². The molecule has 0 aromatic heterocycles. The number of carbonyl (C=O) groups is 1. The van der Waals surface area contributed by atoms with Crippen LogP contribution in [-0.2, 0) is 9.53 Å². The van der Waals surface area contributed by atoms with Crippen molar-refractivity contribution in [2.45, 2.75) is 12.5 Å². The Morgan fingerprint density at radius 3 is 3.00 bits per heavy atom. The summed E-state index contributed by atoms with van der Waals surface area (Å²) in [4.78, 5) is 13.9. The largest absolute Gasteiger partial charge is 0.380 e. The predicted octanol–water partition coefficient (Wildman–Crippen LogP) is 0.320. The second kappa shape index (κ2) is 6.58. The summed E-state index contributed by atoms with van der Waals surface area (Å²) in [5.74, 6) is 2.07. The van der Waals surface area contributed by atoms with Crippen molar-refractivity contribution in [2.75, 3.05) is 37.9 Å². The lowest BCUT2D eigenvalue weighted by molar-refractivity contribution is -0.132. The van der Waals surface area contributed by atoms with E-state index in [-0.39, 0.29) is 24.4 Å². The zero-order valence-electron chi connectivity index (χ0n) is 8.61. The van der Waals surface area contributed by atoms with E-state index in [2.05, 4.69) is 5.32 Å². The summed E-state index contributed by atoms with van der Waals surface area (Å²) in [5.41, 5.74) is 0. The molecule has 0 aromatic carbocycles. The van der Waals surface area contributed by atoms with E-state index >= 15 is 0 Å². The first kappa shape index (κ1) is 13.1. The molecule has 0 aliphatic carbocycles. The van der Waals surface area contributed by atoms with Crippen LogP contribution >= 0.6 is 24.2 Å². The quantitative estimate of drug-likeness (QED) is 0.730. The van der Waals surface area contributed by atoms with Gasteiger partial charge in [-0.1, -0.05) is 0 Å². The zero-order valence-corrected chi connectivity index (χ0v) is 10.2. The van der Waals surface area contributed by atoms with Crippen LogP contribution in [0.15, 0.2) is 0 Å². The first-order chi connectivity index (χ1) is 6.88. The molecule has 2 heterocycles. The van der Waals surface area contributed by atoms with Gasteiger partial charge in [-0.15, -0.1) is 24.2 Å². The number of carbonyl (C=O) groups excluding carboxylic acids is 1. The van der Waals surface area contributed by atoms with Crippen LogP contribution in [0.2, 0.25) is 0 Å². The van der Waals surface area contributed by atoms with Crippen LogP contribution in [0.1, 0.15) is 6.42 Å². The lowest BCUT2D eigenvalue weighted by Crippen LogP contribution is -2.45. The maximum absolute atomic E-state index is 11.9. The highest BCUT2D eigenvalue weighted by Gasteiger charge is 2.27. The highest BCUT2D eigenvalue weighted by Crippen LogP contribution is 2.12. The Balaban J connectivity index is 0.00000112. The predicted molar refractivity (Wildman–Crippen MR) is 63.5 cm³/mol. The first-order valence-electron chi connectivity index (χ1n) is 5.05. The third kappa shape index (κ3) is 3.52. The Labute approximate surface area is 101 Å². The average Bonchev–Trinajstić information content (AvgIpc) is 2.59. The van der Waals surface area contributed by atoms with Crippen LogP contribution in [0.3, 0.4) is 0 Å². The van der Waals surface area contributed by atoms with Gasteiger partial charge in [0.1, 0.15) is 0 Å². The van der Waals surface area contributed by atoms with Crippen molar-refractivity contribution in [2.24, 2.45) is 0 Å². The minimum atomic E-state index is 0. The van der Waals surface area contributed by atoms with E-state index in [0.717, 1.165) is 37.7 Å². The van der Waals surface area contributed by atoms with Crippen LogP contribution in [0.25, 0.3) is 0 Å². The van der Waals surface area contributed by atoms with Crippen molar-refractivity contribution in [3.05, 3.63) is 0 Å². The maximum Gasteiger partial charge on any atom is 0.240 e. The first-order valence-corrected chi connectivity index (χ1v) is 6.21. The second-order valence-electron chi connectivity index (χ2n) is 3.56. The molecule has 0 saturated carbocycles. The molecule has 0 radical (unpaired) electrons. The fourth-order valence-corrected chi connectivity index (χ4v) is 2.67. The van der Waals surface area contributed by atoms with E-state index in [1.807, 2.05) is 4.90 Å². The van der Waals surface area contributed by atoms with Crippen LogP contribution in [0, 0.1) is 0 Å².